The van der Waals surface area contributed by atoms with Crippen LogP contribution in [-0.2, 0) is 12.6 Å². The zero-order valence-electron chi connectivity index (χ0n) is 18.9. The highest BCUT2D eigenvalue weighted by Crippen LogP contribution is 2.39. The summed E-state index contributed by atoms with van der Waals surface area (Å²) in [6, 6.07) is 6.04. The summed E-state index contributed by atoms with van der Waals surface area (Å²) in [5.74, 6) is 0.493. The molecule has 1 saturated heterocycles. The Morgan fingerprint density at radius 3 is 2.65 bits per heavy atom. The number of nitrogens with zero attached hydrogens (tertiary/aromatic N) is 7. The van der Waals surface area contributed by atoms with Gasteiger partial charge in [-0.15, -0.1) is 0 Å². The molecule has 0 saturated carbocycles. The molecule has 0 amide bonds. The fraction of sp³-hybridized carbons (Fsp3) is 0.391. The fourth-order valence-electron chi connectivity index (χ4n) is 4.27. The summed E-state index contributed by atoms with van der Waals surface area (Å²) in [7, 11) is 1.97. The largest absolute Gasteiger partial charge is 0.418 e. The van der Waals surface area contributed by atoms with Crippen LogP contribution in [-0.4, -0.2) is 64.2 Å². The van der Waals surface area contributed by atoms with E-state index in [1.807, 2.05) is 13.3 Å². The van der Waals surface area contributed by atoms with Gasteiger partial charge in [0.15, 0.2) is 0 Å². The number of nitrogens with one attached hydrogen (secondary N) is 1. The molecule has 1 atom stereocenters. The second-order valence-electron chi connectivity index (χ2n) is 8.75. The van der Waals surface area contributed by atoms with Crippen molar-refractivity contribution < 1.29 is 13.2 Å². The molecule has 0 spiro atoms. The molecular weight excluding hydrogens is 445 g/mol. The summed E-state index contributed by atoms with van der Waals surface area (Å²) in [6.45, 7) is 4.62. The van der Waals surface area contributed by atoms with Crippen molar-refractivity contribution in [2.75, 3.05) is 43.4 Å². The molecule has 2 aliphatic heterocycles. The summed E-state index contributed by atoms with van der Waals surface area (Å²) in [4.78, 5) is 14.2. The van der Waals surface area contributed by atoms with Gasteiger partial charge in [-0.25, -0.2) is 9.97 Å². The van der Waals surface area contributed by atoms with Gasteiger partial charge in [-0.2, -0.15) is 28.2 Å². The van der Waals surface area contributed by atoms with Crippen LogP contribution in [0, 0.1) is 5.92 Å². The van der Waals surface area contributed by atoms with Gasteiger partial charge in [-0.05, 0) is 43.7 Å². The highest BCUT2D eigenvalue weighted by Gasteiger charge is 2.36. The average molecular weight is 471 g/mol. The standard InChI is InChI=1S/C23H25F3N8/c1-15-11-21-17(14-29-34(21)28-13-15)19-5-6-27-22(31-19)30-16-3-4-20(18(12-16)23(24,25)26)33-9-7-32(2)8-10-33/h3-6,12-15H,7-11H2,1-2H3,(H,27,30,31). The lowest BCUT2D eigenvalue weighted by molar-refractivity contribution is -0.137. The first-order valence-corrected chi connectivity index (χ1v) is 11.1. The molecule has 1 N–H and O–H groups in total. The maximum Gasteiger partial charge on any atom is 0.418 e. The lowest BCUT2D eigenvalue weighted by Crippen LogP contribution is -2.45. The second kappa shape index (κ2) is 8.71. The maximum atomic E-state index is 13.9. The van der Waals surface area contributed by atoms with E-state index in [1.54, 1.807) is 34.2 Å². The topological polar surface area (TPSA) is 74.5 Å². The lowest BCUT2D eigenvalue weighted by atomic mass is 10.0. The average Bonchev–Trinajstić information content (AvgIpc) is 3.22. The van der Waals surface area contributed by atoms with Crippen LogP contribution in [0.2, 0.25) is 0 Å². The summed E-state index contributed by atoms with van der Waals surface area (Å²) in [6.07, 6.45) is 1.42. The van der Waals surface area contributed by atoms with Crippen molar-refractivity contribution in [3.05, 3.63) is 47.9 Å². The number of anilines is 3. The summed E-state index contributed by atoms with van der Waals surface area (Å²) in [5, 5.41) is 11.5. The number of alkyl halides is 3. The number of rotatable bonds is 4. The van der Waals surface area contributed by atoms with E-state index in [0.29, 0.717) is 18.8 Å². The maximum absolute atomic E-state index is 13.9. The molecule has 11 heteroatoms. The van der Waals surface area contributed by atoms with E-state index in [1.165, 1.54) is 6.07 Å². The molecule has 34 heavy (non-hydrogen) atoms. The van der Waals surface area contributed by atoms with Crippen LogP contribution < -0.4 is 10.2 Å². The van der Waals surface area contributed by atoms with Crippen molar-refractivity contribution in [1.29, 1.82) is 0 Å². The molecule has 0 radical (unpaired) electrons. The summed E-state index contributed by atoms with van der Waals surface area (Å²) in [5.41, 5.74) is 2.20. The fourth-order valence-corrected chi connectivity index (χ4v) is 4.27. The number of likely N-dealkylation sites (N-methyl/N-ethyl adjacent to an activating group) is 1. The molecule has 4 heterocycles. The Morgan fingerprint density at radius 1 is 1.09 bits per heavy atom. The third-order valence-corrected chi connectivity index (χ3v) is 6.13. The van der Waals surface area contributed by atoms with Crippen LogP contribution in [0.3, 0.4) is 0 Å². The van der Waals surface area contributed by atoms with Crippen LogP contribution in [0.5, 0.6) is 0 Å². The monoisotopic (exact) mass is 470 g/mol. The van der Waals surface area contributed by atoms with Crippen molar-refractivity contribution >= 4 is 23.5 Å². The van der Waals surface area contributed by atoms with Gasteiger partial charge in [-0.1, -0.05) is 6.92 Å². The molecule has 2 aliphatic rings. The van der Waals surface area contributed by atoms with Gasteiger partial charge in [0, 0.05) is 55.5 Å². The van der Waals surface area contributed by atoms with Gasteiger partial charge in [0.25, 0.3) is 0 Å². The van der Waals surface area contributed by atoms with Gasteiger partial charge >= 0.3 is 6.18 Å². The Balaban J connectivity index is 1.42. The summed E-state index contributed by atoms with van der Waals surface area (Å²) >= 11 is 0. The van der Waals surface area contributed by atoms with E-state index in [0.717, 1.165) is 36.8 Å². The Hall–Kier alpha value is -3.47. The van der Waals surface area contributed by atoms with Gasteiger partial charge in [0.1, 0.15) is 0 Å². The Bertz CT molecular complexity index is 1210. The first-order chi connectivity index (χ1) is 16.3. The zero-order chi connectivity index (χ0) is 23.9. The molecule has 1 fully saturated rings. The Morgan fingerprint density at radius 2 is 1.88 bits per heavy atom. The number of aromatic nitrogens is 4. The normalized spacial score (nSPS) is 18.7. The van der Waals surface area contributed by atoms with E-state index < -0.39 is 11.7 Å². The third-order valence-electron chi connectivity index (χ3n) is 6.13. The minimum Gasteiger partial charge on any atom is -0.368 e. The van der Waals surface area contributed by atoms with Crippen LogP contribution in [0.15, 0.2) is 41.8 Å². The number of hydrogen-bond donors (Lipinski definition) is 1. The molecule has 0 bridgehead atoms. The number of fused-ring (bicyclic) bond motifs is 1. The molecule has 8 nitrogen and oxygen atoms in total. The van der Waals surface area contributed by atoms with Gasteiger partial charge < -0.3 is 15.1 Å². The minimum atomic E-state index is -4.48. The number of hydrogen-bond acceptors (Lipinski definition) is 7. The third kappa shape index (κ3) is 4.47. The van der Waals surface area contributed by atoms with Crippen LogP contribution in [0.1, 0.15) is 18.2 Å². The van der Waals surface area contributed by atoms with Gasteiger partial charge in [0.05, 0.1) is 23.1 Å². The first-order valence-electron chi connectivity index (χ1n) is 11.1. The first kappa shape index (κ1) is 22.3. The molecule has 178 valence electrons. The van der Waals surface area contributed by atoms with Crippen molar-refractivity contribution in [3.8, 4) is 11.3 Å². The van der Waals surface area contributed by atoms with Crippen molar-refractivity contribution in [1.82, 2.24) is 24.8 Å². The molecule has 1 unspecified atom stereocenters. The number of halogens is 3. The smallest absolute Gasteiger partial charge is 0.368 e. The molecule has 3 aromatic rings. The van der Waals surface area contributed by atoms with E-state index in [2.05, 4.69) is 37.3 Å². The summed E-state index contributed by atoms with van der Waals surface area (Å²) < 4.78 is 41.8. The van der Waals surface area contributed by atoms with Crippen LogP contribution in [0.25, 0.3) is 11.3 Å². The number of benzene rings is 1. The second-order valence-corrected chi connectivity index (χ2v) is 8.75. The predicted octanol–water partition coefficient (Wildman–Crippen LogP) is 3.88. The molecule has 2 aromatic heterocycles. The van der Waals surface area contributed by atoms with E-state index in [9.17, 15) is 13.2 Å². The van der Waals surface area contributed by atoms with Crippen molar-refractivity contribution in [2.24, 2.45) is 11.0 Å². The quantitative estimate of drug-likeness (QED) is 0.624. The Labute approximate surface area is 195 Å². The van der Waals surface area contributed by atoms with Gasteiger partial charge in [0.2, 0.25) is 5.95 Å². The number of piperazine rings is 1. The van der Waals surface area contributed by atoms with E-state index >= 15 is 0 Å². The van der Waals surface area contributed by atoms with E-state index in [-0.39, 0.29) is 23.2 Å². The van der Waals surface area contributed by atoms with Crippen LogP contribution >= 0.6 is 0 Å². The molecular formula is C23H25F3N8. The van der Waals surface area contributed by atoms with Gasteiger partial charge in [-0.3, -0.25) is 0 Å². The predicted molar refractivity (Wildman–Crippen MR) is 124 cm³/mol. The van der Waals surface area contributed by atoms with Crippen molar-refractivity contribution in [3.63, 3.8) is 0 Å². The molecule has 5 rings (SSSR count). The molecule has 1 aromatic carbocycles. The lowest BCUT2D eigenvalue weighted by Gasteiger charge is -2.35. The highest BCUT2D eigenvalue weighted by atomic mass is 19.4. The van der Waals surface area contributed by atoms with Crippen molar-refractivity contribution in [2.45, 2.75) is 19.5 Å². The Kier molecular flexibility index (Phi) is 5.72. The zero-order valence-corrected chi connectivity index (χ0v) is 18.9. The van der Waals surface area contributed by atoms with E-state index in [4.69, 9.17) is 0 Å². The minimum absolute atomic E-state index is 0.196. The SMILES string of the molecule is CC1C=Nn2ncc(-c3ccnc(Nc4ccc(N5CCN(C)CC5)c(C(F)(F)F)c4)n3)c2C1. The highest BCUT2D eigenvalue weighted by molar-refractivity contribution is 5.69. The van der Waals surface area contributed by atoms with Crippen LogP contribution in [0.4, 0.5) is 30.5 Å². The molecule has 0 aliphatic carbocycles.